The van der Waals surface area contributed by atoms with E-state index in [1.54, 1.807) is 17.3 Å². The molecular weight excluding hydrogens is 330 g/mol. The maximum atomic E-state index is 12.9. The van der Waals surface area contributed by atoms with Gasteiger partial charge < -0.3 is 15.0 Å². The minimum Gasteiger partial charge on any atom is -0.491 e. The monoisotopic (exact) mass is 351 g/mol. The number of nitrogens with one attached hydrogen (secondary N) is 1. The first-order valence-corrected chi connectivity index (χ1v) is 8.88. The van der Waals surface area contributed by atoms with Crippen LogP contribution in [0.25, 0.3) is 0 Å². The third-order valence-corrected chi connectivity index (χ3v) is 4.81. The van der Waals surface area contributed by atoms with Crippen LogP contribution >= 0.6 is 0 Å². The van der Waals surface area contributed by atoms with E-state index in [-0.39, 0.29) is 17.7 Å². The Hall–Kier alpha value is -2.89. The minimum absolute atomic E-state index is 0.0560. The zero-order chi connectivity index (χ0) is 18.1. The highest BCUT2D eigenvalue weighted by Gasteiger charge is 2.30. The van der Waals surface area contributed by atoms with Gasteiger partial charge in [0.25, 0.3) is 5.91 Å². The van der Waals surface area contributed by atoms with Crippen molar-refractivity contribution in [3.05, 3.63) is 53.3 Å². The van der Waals surface area contributed by atoms with E-state index in [2.05, 4.69) is 10.3 Å². The maximum absolute atomic E-state index is 12.9. The van der Waals surface area contributed by atoms with Gasteiger partial charge in [0.05, 0.1) is 12.1 Å². The quantitative estimate of drug-likeness (QED) is 0.923. The van der Waals surface area contributed by atoms with Crippen LogP contribution < -0.4 is 10.1 Å². The molecule has 1 aromatic heterocycles. The van der Waals surface area contributed by atoms with Crippen molar-refractivity contribution in [1.82, 2.24) is 9.88 Å². The van der Waals surface area contributed by atoms with Crippen LogP contribution in [0, 0.1) is 12.8 Å². The minimum atomic E-state index is -0.0560. The van der Waals surface area contributed by atoms with Gasteiger partial charge in [-0.25, -0.2) is 0 Å². The molecule has 0 bridgehead atoms. The van der Waals surface area contributed by atoms with Crippen molar-refractivity contribution in [3.8, 4) is 5.75 Å². The van der Waals surface area contributed by atoms with Crippen LogP contribution in [-0.4, -0.2) is 34.8 Å². The number of carbonyl (C=O) groups is 2. The van der Waals surface area contributed by atoms with Gasteiger partial charge in [-0.3, -0.25) is 14.6 Å². The second kappa shape index (κ2) is 6.78. The Kier molecular flexibility index (Phi) is 4.32. The molecule has 2 amide bonds. The summed E-state index contributed by atoms with van der Waals surface area (Å²) in [5.74, 6) is 0.919. The molecule has 4 rings (SSSR count). The molecular formula is C20H21N3O3. The molecule has 2 aromatic rings. The van der Waals surface area contributed by atoms with E-state index in [9.17, 15) is 9.59 Å². The number of nitrogens with zero attached hydrogens (tertiary/aromatic N) is 2. The Balaban J connectivity index is 1.55. The van der Waals surface area contributed by atoms with E-state index < -0.39 is 0 Å². The molecule has 1 aliphatic heterocycles. The fraction of sp³-hybridized carbons (Fsp3) is 0.350. The Labute approximate surface area is 152 Å². The normalized spacial score (nSPS) is 16.3. The highest BCUT2D eigenvalue weighted by molar-refractivity contribution is 5.96. The van der Waals surface area contributed by atoms with Crippen LogP contribution in [0.3, 0.4) is 0 Å². The second-order valence-corrected chi connectivity index (χ2v) is 6.85. The van der Waals surface area contributed by atoms with Gasteiger partial charge in [0, 0.05) is 36.1 Å². The summed E-state index contributed by atoms with van der Waals surface area (Å²) in [7, 11) is 0. The fourth-order valence-electron chi connectivity index (χ4n) is 3.09. The van der Waals surface area contributed by atoms with Gasteiger partial charge in [0.15, 0.2) is 0 Å². The zero-order valence-electron chi connectivity index (χ0n) is 14.7. The molecule has 134 valence electrons. The third kappa shape index (κ3) is 3.40. The molecule has 6 heteroatoms. The number of pyridine rings is 1. The molecule has 0 saturated heterocycles. The van der Waals surface area contributed by atoms with Crippen molar-refractivity contribution in [2.24, 2.45) is 5.92 Å². The summed E-state index contributed by atoms with van der Waals surface area (Å²) in [6.07, 6.45) is 5.22. The van der Waals surface area contributed by atoms with Crippen molar-refractivity contribution in [1.29, 1.82) is 0 Å². The summed E-state index contributed by atoms with van der Waals surface area (Å²) in [5.41, 5.74) is 3.15. The molecule has 0 radical (unpaired) electrons. The van der Waals surface area contributed by atoms with Crippen LogP contribution in [0.4, 0.5) is 5.69 Å². The molecule has 1 aromatic carbocycles. The maximum Gasteiger partial charge on any atom is 0.256 e. The predicted molar refractivity (Wildman–Crippen MR) is 97.0 cm³/mol. The van der Waals surface area contributed by atoms with Crippen LogP contribution in [0.1, 0.15) is 34.3 Å². The van der Waals surface area contributed by atoms with Gasteiger partial charge in [0.2, 0.25) is 5.91 Å². The number of ether oxygens (including phenoxy) is 1. The summed E-state index contributed by atoms with van der Waals surface area (Å²) >= 11 is 0. The van der Waals surface area contributed by atoms with Crippen LogP contribution in [0.2, 0.25) is 0 Å². The molecule has 0 unspecified atom stereocenters. The molecule has 0 spiro atoms. The first-order chi connectivity index (χ1) is 12.6. The summed E-state index contributed by atoms with van der Waals surface area (Å²) in [6.45, 7) is 3.29. The number of aryl methyl sites for hydroxylation is 1. The Morgan fingerprint density at radius 2 is 2.12 bits per heavy atom. The first kappa shape index (κ1) is 16.6. The standard InChI is InChI=1S/C20H21N3O3/c1-13-6-7-21-11-17(13)20(25)23-8-9-26-18-5-4-16(10-15(18)12-23)22-19(24)14-2-3-14/h4-7,10-11,14H,2-3,8-9,12H2,1H3,(H,22,24). The highest BCUT2D eigenvalue weighted by atomic mass is 16.5. The van der Waals surface area contributed by atoms with E-state index in [0.717, 1.165) is 35.4 Å². The highest BCUT2D eigenvalue weighted by Crippen LogP contribution is 2.32. The van der Waals surface area contributed by atoms with Crippen molar-refractivity contribution >= 4 is 17.5 Å². The molecule has 1 aliphatic carbocycles. The number of amides is 2. The second-order valence-electron chi connectivity index (χ2n) is 6.85. The third-order valence-electron chi connectivity index (χ3n) is 4.81. The number of anilines is 1. The Morgan fingerprint density at radius 3 is 2.88 bits per heavy atom. The Morgan fingerprint density at radius 1 is 1.27 bits per heavy atom. The predicted octanol–water partition coefficient (Wildman–Crippen LogP) is 2.77. The number of aromatic nitrogens is 1. The van der Waals surface area contributed by atoms with Gasteiger partial charge in [-0.15, -0.1) is 0 Å². The summed E-state index contributed by atoms with van der Waals surface area (Å²) in [5, 5.41) is 2.95. The van der Waals surface area contributed by atoms with Gasteiger partial charge in [-0.2, -0.15) is 0 Å². The van der Waals surface area contributed by atoms with E-state index in [0.29, 0.717) is 25.3 Å². The summed E-state index contributed by atoms with van der Waals surface area (Å²) < 4.78 is 5.79. The van der Waals surface area contributed by atoms with Crippen molar-refractivity contribution in [2.75, 3.05) is 18.5 Å². The lowest BCUT2D eigenvalue weighted by molar-refractivity contribution is -0.117. The molecule has 6 nitrogen and oxygen atoms in total. The molecule has 26 heavy (non-hydrogen) atoms. The van der Waals surface area contributed by atoms with E-state index in [1.807, 2.05) is 31.2 Å². The van der Waals surface area contributed by atoms with Gasteiger partial charge in [0.1, 0.15) is 12.4 Å². The van der Waals surface area contributed by atoms with Gasteiger partial charge >= 0.3 is 0 Å². The Bertz CT molecular complexity index is 861. The largest absolute Gasteiger partial charge is 0.491 e. The van der Waals surface area contributed by atoms with Crippen LogP contribution in [0.15, 0.2) is 36.7 Å². The van der Waals surface area contributed by atoms with Gasteiger partial charge in [-0.1, -0.05) is 0 Å². The van der Waals surface area contributed by atoms with Crippen molar-refractivity contribution in [3.63, 3.8) is 0 Å². The van der Waals surface area contributed by atoms with E-state index in [4.69, 9.17) is 4.74 Å². The summed E-state index contributed by atoms with van der Waals surface area (Å²) in [4.78, 5) is 30.7. The average molecular weight is 351 g/mol. The summed E-state index contributed by atoms with van der Waals surface area (Å²) in [6, 6.07) is 7.45. The zero-order valence-corrected chi connectivity index (χ0v) is 14.7. The van der Waals surface area contributed by atoms with Crippen molar-refractivity contribution in [2.45, 2.75) is 26.3 Å². The molecule has 0 atom stereocenters. The average Bonchev–Trinajstić information content (AvgIpc) is 3.48. The lowest BCUT2D eigenvalue weighted by atomic mass is 10.1. The van der Waals surface area contributed by atoms with E-state index in [1.165, 1.54) is 0 Å². The lowest BCUT2D eigenvalue weighted by Gasteiger charge is -2.20. The molecule has 1 saturated carbocycles. The number of rotatable bonds is 3. The number of hydrogen-bond acceptors (Lipinski definition) is 4. The van der Waals surface area contributed by atoms with Gasteiger partial charge in [-0.05, 0) is 49.6 Å². The van der Waals surface area contributed by atoms with Crippen LogP contribution in [-0.2, 0) is 11.3 Å². The molecule has 1 fully saturated rings. The number of carbonyl (C=O) groups excluding carboxylic acids is 2. The first-order valence-electron chi connectivity index (χ1n) is 8.88. The van der Waals surface area contributed by atoms with Crippen molar-refractivity contribution < 1.29 is 14.3 Å². The lowest BCUT2D eigenvalue weighted by Crippen LogP contribution is -2.33. The smallest absolute Gasteiger partial charge is 0.256 e. The van der Waals surface area contributed by atoms with Crippen LogP contribution in [0.5, 0.6) is 5.75 Å². The van der Waals surface area contributed by atoms with E-state index >= 15 is 0 Å². The number of fused-ring (bicyclic) bond motifs is 1. The SMILES string of the molecule is Cc1ccncc1C(=O)N1CCOc2ccc(NC(=O)C3CC3)cc2C1. The topological polar surface area (TPSA) is 71.5 Å². The fourth-order valence-corrected chi connectivity index (χ4v) is 3.09. The number of hydrogen-bond donors (Lipinski definition) is 1. The molecule has 2 aliphatic rings. The number of benzene rings is 1. The molecule has 2 heterocycles. The molecule has 1 N–H and O–H groups in total.